The third-order valence-corrected chi connectivity index (χ3v) is 3.57. The Labute approximate surface area is 119 Å². The fraction of sp³-hybridized carbons (Fsp3) is 0.600. The van der Waals surface area contributed by atoms with Gasteiger partial charge in [-0.15, -0.1) is 0 Å². The predicted molar refractivity (Wildman–Crippen MR) is 81.3 cm³/mol. The molecule has 0 spiro atoms. The minimum absolute atomic E-state index is 0.446. The van der Waals surface area contributed by atoms with Crippen LogP contribution in [0.2, 0.25) is 0 Å². The molecule has 1 rings (SSSR count). The van der Waals surface area contributed by atoms with Gasteiger partial charge >= 0.3 is 0 Å². The Hall–Kier alpha value is -0.540. The highest BCUT2D eigenvalue weighted by molar-refractivity contribution is 9.10. The lowest BCUT2D eigenvalue weighted by molar-refractivity contribution is 0.338. The predicted octanol–water partition coefficient (Wildman–Crippen LogP) is 4.69. The van der Waals surface area contributed by atoms with Crippen LogP contribution in [0.4, 0.5) is 0 Å². The molecule has 0 aliphatic carbocycles. The van der Waals surface area contributed by atoms with Crippen LogP contribution in [-0.4, -0.2) is 13.2 Å². The van der Waals surface area contributed by atoms with E-state index in [1.807, 2.05) is 6.92 Å². The van der Waals surface area contributed by atoms with Crippen LogP contribution in [0.1, 0.15) is 51.6 Å². The van der Waals surface area contributed by atoms with Crippen LogP contribution in [0.15, 0.2) is 22.7 Å². The van der Waals surface area contributed by atoms with Gasteiger partial charge in [0.1, 0.15) is 5.75 Å². The van der Waals surface area contributed by atoms with E-state index in [2.05, 4.69) is 53.3 Å². The Kier molecular flexibility index (Phi) is 7.36. The summed E-state index contributed by atoms with van der Waals surface area (Å²) in [6, 6.07) is 6.84. The van der Waals surface area contributed by atoms with Crippen molar-refractivity contribution in [3.8, 4) is 5.75 Å². The van der Waals surface area contributed by atoms with Crippen molar-refractivity contribution >= 4 is 15.9 Å². The van der Waals surface area contributed by atoms with Crippen molar-refractivity contribution in [2.24, 2.45) is 0 Å². The fourth-order valence-corrected chi connectivity index (χ4v) is 2.56. The zero-order chi connectivity index (χ0) is 13.4. The molecule has 2 nitrogen and oxygen atoms in total. The van der Waals surface area contributed by atoms with Crippen molar-refractivity contribution in [3.63, 3.8) is 0 Å². The lowest BCUT2D eigenvalue weighted by atomic mass is 10.0. The van der Waals surface area contributed by atoms with Gasteiger partial charge in [0, 0.05) is 6.04 Å². The van der Waals surface area contributed by atoms with Gasteiger partial charge in [-0.05, 0) is 53.5 Å². The maximum Gasteiger partial charge on any atom is 0.133 e. The molecule has 0 aliphatic rings. The molecule has 18 heavy (non-hydrogen) atoms. The molecule has 1 N–H and O–H groups in total. The zero-order valence-electron chi connectivity index (χ0n) is 11.6. The van der Waals surface area contributed by atoms with Gasteiger partial charge in [0.05, 0.1) is 11.1 Å². The SMILES string of the molecule is CCCCC(NCC)c1ccc(OCC)c(Br)c1. The molecular formula is C15H24BrNO. The van der Waals surface area contributed by atoms with Crippen molar-refractivity contribution in [3.05, 3.63) is 28.2 Å². The number of hydrogen-bond donors (Lipinski definition) is 1. The van der Waals surface area contributed by atoms with E-state index in [1.165, 1.54) is 24.8 Å². The summed E-state index contributed by atoms with van der Waals surface area (Å²) in [6.07, 6.45) is 3.67. The number of halogens is 1. The maximum atomic E-state index is 5.55. The largest absolute Gasteiger partial charge is 0.493 e. The monoisotopic (exact) mass is 313 g/mol. The highest BCUT2D eigenvalue weighted by atomic mass is 79.9. The van der Waals surface area contributed by atoms with Gasteiger partial charge in [-0.25, -0.2) is 0 Å². The normalized spacial score (nSPS) is 12.4. The Morgan fingerprint density at radius 1 is 1.28 bits per heavy atom. The number of rotatable bonds is 8. The van der Waals surface area contributed by atoms with E-state index in [1.54, 1.807) is 0 Å². The van der Waals surface area contributed by atoms with Crippen LogP contribution in [0.3, 0.4) is 0 Å². The van der Waals surface area contributed by atoms with E-state index in [0.29, 0.717) is 12.6 Å². The third kappa shape index (κ3) is 4.62. The van der Waals surface area contributed by atoms with E-state index in [-0.39, 0.29) is 0 Å². The molecule has 0 aliphatic heterocycles. The van der Waals surface area contributed by atoms with E-state index in [9.17, 15) is 0 Å². The smallest absolute Gasteiger partial charge is 0.133 e. The van der Waals surface area contributed by atoms with Gasteiger partial charge in [-0.3, -0.25) is 0 Å². The highest BCUT2D eigenvalue weighted by Gasteiger charge is 2.11. The first-order valence-corrected chi connectivity index (χ1v) is 7.67. The van der Waals surface area contributed by atoms with E-state index >= 15 is 0 Å². The molecule has 0 aromatic heterocycles. The summed E-state index contributed by atoms with van der Waals surface area (Å²) in [5.74, 6) is 0.923. The summed E-state index contributed by atoms with van der Waals surface area (Å²) in [5, 5.41) is 3.55. The summed E-state index contributed by atoms with van der Waals surface area (Å²) >= 11 is 3.58. The van der Waals surface area contributed by atoms with Crippen LogP contribution >= 0.6 is 15.9 Å². The van der Waals surface area contributed by atoms with Crippen molar-refractivity contribution in [1.82, 2.24) is 5.32 Å². The summed E-state index contributed by atoms with van der Waals surface area (Å²) in [7, 11) is 0. The van der Waals surface area contributed by atoms with Gasteiger partial charge in [0.2, 0.25) is 0 Å². The molecule has 1 atom stereocenters. The quantitative estimate of drug-likeness (QED) is 0.751. The maximum absolute atomic E-state index is 5.55. The van der Waals surface area contributed by atoms with Gasteiger partial charge < -0.3 is 10.1 Å². The van der Waals surface area contributed by atoms with Crippen molar-refractivity contribution < 1.29 is 4.74 Å². The van der Waals surface area contributed by atoms with Gasteiger partial charge in [0.15, 0.2) is 0 Å². The minimum atomic E-state index is 0.446. The molecule has 0 radical (unpaired) electrons. The molecule has 0 saturated heterocycles. The second-order valence-corrected chi connectivity index (χ2v) is 5.23. The molecule has 0 amide bonds. The average molecular weight is 314 g/mol. The number of benzene rings is 1. The molecule has 0 heterocycles. The van der Waals surface area contributed by atoms with Gasteiger partial charge in [-0.2, -0.15) is 0 Å². The average Bonchev–Trinajstić information content (AvgIpc) is 2.37. The topological polar surface area (TPSA) is 21.3 Å². The van der Waals surface area contributed by atoms with E-state index < -0.39 is 0 Å². The molecule has 0 saturated carbocycles. The van der Waals surface area contributed by atoms with E-state index in [0.717, 1.165) is 16.8 Å². The molecule has 1 aromatic rings. The minimum Gasteiger partial charge on any atom is -0.493 e. The first kappa shape index (κ1) is 15.5. The highest BCUT2D eigenvalue weighted by Crippen LogP contribution is 2.30. The summed E-state index contributed by atoms with van der Waals surface area (Å²) in [4.78, 5) is 0. The first-order chi connectivity index (χ1) is 8.72. The third-order valence-electron chi connectivity index (χ3n) is 2.96. The molecule has 0 fully saturated rings. The van der Waals surface area contributed by atoms with Gasteiger partial charge in [0.25, 0.3) is 0 Å². The second kappa shape index (κ2) is 8.54. The first-order valence-electron chi connectivity index (χ1n) is 6.88. The Morgan fingerprint density at radius 3 is 2.61 bits per heavy atom. The molecule has 1 aromatic carbocycles. The Morgan fingerprint density at radius 2 is 2.06 bits per heavy atom. The Bertz CT molecular complexity index is 354. The van der Waals surface area contributed by atoms with Crippen LogP contribution in [-0.2, 0) is 0 Å². The van der Waals surface area contributed by atoms with E-state index in [4.69, 9.17) is 4.74 Å². The molecule has 3 heteroatoms. The van der Waals surface area contributed by atoms with Crippen LogP contribution < -0.4 is 10.1 Å². The second-order valence-electron chi connectivity index (χ2n) is 4.38. The molecule has 0 bridgehead atoms. The zero-order valence-corrected chi connectivity index (χ0v) is 13.2. The van der Waals surface area contributed by atoms with Crippen LogP contribution in [0.5, 0.6) is 5.75 Å². The standard InChI is InChI=1S/C15H24BrNO/c1-4-7-8-14(17-5-2)12-9-10-15(18-6-3)13(16)11-12/h9-11,14,17H,4-8H2,1-3H3. The number of ether oxygens (including phenoxy) is 1. The van der Waals surface area contributed by atoms with Crippen molar-refractivity contribution in [2.45, 2.75) is 46.1 Å². The van der Waals surface area contributed by atoms with Gasteiger partial charge in [-0.1, -0.05) is 32.8 Å². The lowest BCUT2D eigenvalue weighted by Gasteiger charge is -2.19. The number of nitrogens with one attached hydrogen (secondary N) is 1. The molecule has 102 valence electrons. The Balaban J connectivity index is 2.81. The van der Waals surface area contributed by atoms with Crippen LogP contribution in [0, 0.1) is 0 Å². The number of hydrogen-bond acceptors (Lipinski definition) is 2. The number of unbranched alkanes of at least 4 members (excludes halogenated alkanes) is 1. The van der Waals surface area contributed by atoms with Crippen molar-refractivity contribution in [1.29, 1.82) is 0 Å². The lowest BCUT2D eigenvalue weighted by Crippen LogP contribution is -2.20. The van der Waals surface area contributed by atoms with Crippen molar-refractivity contribution in [2.75, 3.05) is 13.2 Å². The summed E-state index contributed by atoms with van der Waals surface area (Å²) in [5.41, 5.74) is 1.33. The summed E-state index contributed by atoms with van der Waals surface area (Å²) in [6.45, 7) is 8.09. The molecular weight excluding hydrogens is 290 g/mol. The fourth-order valence-electron chi connectivity index (χ4n) is 2.05. The summed E-state index contributed by atoms with van der Waals surface area (Å²) < 4.78 is 6.59. The molecule has 1 unspecified atom stereocenters. The van der Waals surface area contributed by atoms with Crippen LogP contribution in [0.25, 0.3) is 0 Å².